The summed E-state index contributed by atoms with van der Waals surface area (Å²) in [7, 11) is 0. The summed E-state index contributed by atoms with van der Waals surface area (Å²) < 4.78 is 0. The number of hydrogen-bond acceptors (Lipinski definition) is 1. The Labute approximate surface area is 95.6 Å². The molecule has 1 atom stereocenters. The number of benzene rings is 1. The Morgan fingerprint density at radius 3 is 2.93 bits per heavy atom. The van der Waals surface area contributed by atoms with Gasteiger partial charge in [-0.05, 0) is 35.6 Å². The highest BCUT2D eigenvalue weighted by molar-refractivity contribution is 5.85. The molecule has 0 aliphatic rings. The van der Waals surface area contributed by atoms with Crippen molar-refractivity contribution in [3.8, 4) is 0 Å². The topological polar surface area (TPSA) is 41.8 Å². The van der Waals surface area contributed by atoms with E-state index in [1.807, 2.05) is 12.3 Å². The van der Waals surface area contributed by atoms with Crippen molar-refractivity contribution in [2.45, 2.75) is 12.5 Å². The fraction of sp³-hybridized carbons (Fsp3) is 0.167. The third-order valence-corrected chi connectivity index (χ3v) is 2.43. The Hall–Kier alpha value is -1.25. The van der Waals surface area contributed by atoms with Gasteiger partial charge in [0.1, 0.15) is 0 Å². The van der Waals surface area contributed by atoms with E-state index in [0.29, 0.717) is 0 Å². The van der Waals surface area contributed by atoms with Gasteiger partial charge in [-0.1, -0.05) is 12.1 Å². The van der Waals surface area contributed by atoms with Crippen LogP contribution in [0.15, 0.2) is 43.1 Å². The molecule has 3 heteroatoms. The number of aromatic nitrogens is 1. The summed E-state index contributed by atoms with van der Waals surface area (Å²) in [6.07, 6.45) is 4.61. The fourth-order valence-corrected chi connectivity index (χ4v) is 1.62. The first-order valence-corrected chi connectivity index (χ1v) is 4.75. The van der Waals surface area contributed by atoms with Gasteiger partial charge in [0.15, 0.2) is 0 Å². The van der Waals surface area contributed by atoms with E-state index < -0.39 is 0 Å². The number of fused-ring (bicyclic) bond motifs is 1. The van der Waals surface area contributed by atoms with E-state index >= 15 is 0 Å². The SMILES string of the molecule is C=CC[C@H](N)c1ccc2[nH]ccc2c1.Cl. The predicted molar refractivity (Wildman–Crippen MR) is 67.3 cm³/mol. The first-order chi connectivity index (χ1) is 6.81. The van der Waals surface area contributed by atoms with Crippen LogP contribution in [0.25, 0.3) is 10.9 Å². The minimum Gasteiger partial charge on any atom is -0.361 e. The minimum absolute atomic E-state index is 0. The van der Waals surface area contributed by atoms with Crippen LogP contribution in [0.5, 0.6) is 0 Å². The Balaban J connectivity index is 0.00000112. The molecule has 3 N–H and O–H groups in total. The normalized spacial score (nSPS) is 12.1. The molecule has 1 aromatic carbocycles. The second-order valence-electron chi connectivity index (χ2n) is 3.46. The summed E-state index contributed by atoms with van der Waals surface area (Å²) in [5.41, 5.74) is 8.30. The smallest absolute Gasteiger partial charge is 0.0454 e. The van der Waals surface area contributed by atoms with E-state index in [-0.39, 0.29) is 18.4 Å². The van der Waals surface area contributed by atoms with Crippen molar-refractivity contribution in [1.29, 1.82) is 0 Å². The molecule has 0 unspecified atom stereocenters. The highest BCUT2D eigenvalue weighted by Crippen LogP contribution is 2.20. The Morgan fingerprint density at radius 1 is 1.40 bits per heavy atom. The van der Waals surface area contributed by atoms with Crippen LogP contribution in [0.1, 0.15) is 18.0 Å². The number of H-pyrrole nitrogens is 1. The van der Waals surface area contributed by atoms with Gasteiger partial charge in [0, 0.05) is 17.8 Å². The van der Waals surface area contributed by atoms with Gasteiger partial charge in [-0.15, -0.1) is 19.0 Å². The van der Waals surface area contributed by atoms with E-state index in [0.717, 1.165) is 17.5 Å². The summed E-state index contributed by atoms with van der Waals surface area (Å²) in [6, 6.07) is 8.37. The minimum atomic E-state index is 0. The average molecular weight is 223 g/mol. The molecule has 2 rings (SSSR count). The summed E-state index contributed by atoms with van der Waals surface area (Å²) in [5.74, 6) is 0. The Kier molecular flexibility index (Phi) is 3.95. The van der Waals surface area contributed by atoms with Crippen LogP contribution in [-0.4, -0.2) is 4.98 Å². The number of hydrogen-bond donors (Lipinski definition) is 2. The number of aromatic amines is 1. The number of nitrogens with one attached hydrogen (secondary N) is 1. The van der Waals surface area contributed by atoms with E-state index in [1.165, 1.54) is 5.39 Å². The predicted octanol–water partition coefficient (Wildman–Crippen LogP) is 3.17. The molecule has 15 heavy (non-hydrogen) atoms. The molecular formula is C12H15ClN2. The molecule has 0 saturated carbocycles. The van der Waals surface area contributed by atoms with Crippen molar-refractivity contribution in [3.05, 3.63) is 48.7 Å². The van der Waals surface area contributed by atoms with Gasteiger partial charge >= 0.3 is 0 Å². The van der Waals surface area contributed by atoms with Crippen molar-refractivity contribution in [2.24, 2.45) is 5.73 Å². The van der Waals surface area contributed by atoms with Crippen molar-refractivity contribution < 1.29 is 0 Å². The first-order valence-electron chi connectivity index (χ1n) is 4.75. The lowest BCUT2D eigenvalue weighted by molar-refractivity contribution is 0.743. The van der Waals surface area contributed by atoms with Gasteiger partial charge in [-0.3, -0.25) is 0 Å². The van der Waals surface area contributed by atoms with Crippen LogP contribution < -0.4 is 5.73 Å². The second-order valence-corrected chi connectivity index (χ2v) is 3.46. The molecule has 1 aromatic heterocycles. The van der Waals surface area contributed by atoms with Crippen molar-refractivity contribution in [1.82, 2.24) is 4.98 Å². The van der Waals surface area contributed by atoms with E-state index in [1.54, 1.807) is 0 Å². The molecule has 0 saturated heterocycles. The molecule has 0 aliphatic carbocycles. The number of rotatable bonds is 3. The van der Waals surface area contributed by atoms with Crippen molar-refractivity contribution in [3.63, 3.8) is 0 Å². The molecule has 0 amide bonds. The van der Waals surface area contributed by atoms with Gasteiger partial charge < -0.3 is 10.7 Å². The molecule has 2 nitrogen and oxygen atoms in total. The molecule has 0 fully saturated rings. The quantitative estimate of drug-likeness (QED) is 0.770. The molecule has 0 aliphatic heterocycles. The Bertz CT molecular complexity index is 448. The average Bonchev–Trinajstić information content (AvgIpc) is 2.64. The maximum atomic E-state index is 5.98. The molecule has 0 bridgehead atoms. The molecule has 0 radical (unpaired) electrons. The monoisotopic (exact) mass is 222 g/mol. The van der Waals surface area contributed by atoms with E-state index in [4.69, 9.17) is 5.73 Å². The van der Waals surface area contributed by atoms with Crippen LogP contribution in [0, 0.1) is 0 Å². The standard InChI is InChI=1S/C12H14N2.ClH/c1-2-3-11(13)9-4-5-12-10(8-9)6-7-14-12;/h2,4-8,11,14H,1,3,13H2;1H/t11-;/m0./s1. The lowest BCUT2D eigenvalue weighted by Gasteiger charge is -2.08. The van der Waals surface area contributed by atoms with Crippen LogP contribution in [0.4, 0.5) is 0 Å². The van der Waals surface area contributed by atoms with Crippen LogP contribution in [0.2, 0.25) is 0 Å². The van der Waals surface area contributed by atoms with E-state index in [9.17, 15) is 0 Å². The molecule has 2 aromatic rings. The summed E-state index contributed by atoms with van der Waals surface area (Å²) in [4.78, 5) is 3.16. The Morgan fingerprint density at radius 2 is 2.20 bits per heavy atom. The highest BCUT2D eigenvalue weighted by atomic mass is 35.5. The van der Waals surface area contributed by atoms with Crippen LogP contribution in [-0.2, 0) is 0 Å². The van der Waals surface area contributed by atoms with Crippen molar-refractivity contribution in [2.75, 3.05) is 0 Å². The lowest BCUT2D eigenvalue weighted by atomic mass is 10.0. The molecule has 1 heterocycles. The lowest BCUT2D eigenvalue weighted by Crippen LogP contribution is -2.08. The van der Waals surface area contributed by atoms with Crippen LogP contribution in [0.3, 0.4) is 0 Å². The first kappa shape index (κ1) is 11.8. The summed E-state index contributed by atoms with van der Waals surface area (Å²) >= 11 is 0. The van der Waals surface area contributed by atoms with E-state index in [2.05, 4.69) is 35.8 Å². The van der Waals surface area contributed by atoms with Gasteiger partial charge in [-0.25, -0.2) is 0 Å². The third kappa shape index (κ3) is 2.41. The molecular weight excluding hydrogens is 208 g/mol. The zero-order valence-electron chi connectivity index (χ0n) is 8.44. The third-order valence-electron chi connectivity index (χ3n) is 2.43. The van der Waals surface area contributed by atoms with Gasteiger partial charge in [-0.2, -0.15) is 0 Å². The molecule has 0 spiro atoms. The maximum Gasteiger partial charge on any atom is 0.0454 e. The zero-order valence-corrected chi connectivity index (χ0v) is 9.26. The summed E-state index contributed by atoms with van der Waals surface area (Å²) in [5, 5.41) is 1.21. The summed E-state index contributed by atoms with van der Waals surface area (Å²) in [6.45, 7) is 3.69. The van der Waals surface area contributed by atoms with Gasteiger partial charge in [0.05, 0.1) is 0 Å². The number of nitrogens with two attached hydrogens (primary N) is 1. The second kappa shape index (κ2) is 5.01. The number of halogens is 1. The van der Waals surface area contributed by atoms with Gasteiger partial charge in [0.2, 0.25) is 0 Å². The molecule has 80 valence electrons. The highest BCUT2D eigenvalue weighted by Gasteiger charge is 2.04. The van der Waals surface area contributed by atoms with Crippen molar-refractivity contribution >= 4 is 23.3 Å². The largest absolute Gasteiger partial charge is 0.361 e. The zero-order chi connectivity index (χ0) is 9.97. The van der Waals surface area contributed by atoms with Crippen LogP contribution >= 0.6 is 12.4 Å². The van der Waals surface area contributed by atoms with Gasteiger partial charge in [0.25, 0.3) is 0 Å². The fourth-order valence-electron chi connectivity index (χ4n) is 1.62. The maximum absolute atomic E-state index is 5.98.